The van der Waals surface area contributed by atoms with Crippen LogP contribution in [0.25, 0.3) is 0 Å². The Morgan fingerprint density at radius 2 is 1.97 bits per heavy atom. The van der Waals surface area contributed by atoms with Crippen LogP contribution in [0.2, 0.25) is 0 Å². The van der Waals surface area contributed by atoms with Gasteiger partial charge in [0.05, 0.1) is 26.5 Å². The van der Waals surface area contributed by atoms with E-state index in [1.54, 1.807) is 20.3 Å². The molecular weight excluding hydrogens is 377 g/mol. The lowest BCUT2D eigenvalue weighted by molar-refractivity contribution is -0.121. The van der Waals surface area contributed by atoms with Crippen LogP contribution in [-0.2, 0) is 4.79 Å². The molecule has 1 aliphatic heterocycles. The summed E-state index contributed by atoms with van der Waals surface area (Å²) in [5.74, 6) is 0.397. The number of anilines is 1. The van der Waals surface area contributed by atoms with Gasteiger partial charge in [-0.25, -0.2) is 9.18 Å². The quantitative estimate of drug-likeness (QED) is 0.776. The van der Waals surface area contributed by atoms with Crippen LogP contribution >= 0.6 is 0 Å². The number of carbonyl (C=O) groups is 2. The van der Waals surface area contributed by atoms with Crippen molar-refractivity contribution in [3.8, 4) is 11.5 Å². The molecule has 7 nitrogen and oxygen atoms in total. The van der Waals surface area contributed by atoms with Gasteiger partial charge in [0, 0.05) is 11.6 Å². The molecule has 0 bridgehead atoms. The van der Waals surface area contributed by atoms with Crippen LogP contribution in [0.3, 0.4) is 0 Å². The van der Waals surface area contributed by atoms with Gasteiger partial charge in [-0.1, -0.05) is 12.1 Å². The van der Waals surface area contributed by atoms with Gasteiger partial charge in [-0.3, -0.25) is 15.0 Å². The van der Waals surface area contributed by atoms with E-state index in [-0.39, 0.29) is 18.3 Å². The van der Waals surface area contributed by atoms with Crippen molar-refractivity contribution in [1.29, 1.82) is 0 Å². The van der Waals surface area contributed by atoms with E-state index in [1.807, 2.05) is 23.1 Å². The van der Waals surface area contributed by atoms with Gasteiger partial charge in [0.25, 0.3) is 0 Å². The third-order valence-corrected chi connectivity index (χ3v) is 4.88. The van der Waals surface area contributed by atoms with Gasteiger partial charge in [-0.2, -0.15) is 0 Å². The summed E-state index contributed by atoms with van der Waals surface area (Å²) in [6.45, 7) is 0.753. The van der Waals surface area contributed by atoms with Crippen LogP contribution in [0.15, 0.2) is 42.5 Å². The second kappa shape index (κ2) is 9.38. The molecule has 2 aromatic rings. The van der Waals surface area contributed by atoms with Crippen LogP contribution in [-0.4, -0.2) is 44.1 Å². The van der Waals surface area contributed by atoms with Gasteiger partial charge < -0.3 is 14.8 Å². The maximum absolute atomic E-state index is 13.6. The molecule has 3 amide bonds. The topological polar surface area (TPSA) is 79.9 Å². The Bertz CT molecular complexity index is 890. The van der Waals surface area contributed by atoms with Crippen LogP contribution in [0.4, 0.5) is 14.9 Å². The number of nitrogens with one attached hydrogen (secondary N) is 2. The maximum Gasteiger partial charge on any atom is 0.326 e. The summed E-state index contributed by atoms with van der Waals surface area (Å²) in [6, 6.07) is 10.5. The molecule has 0 aromatic heterocycles. The fourth-order valence-corrected chi connectivity index (χ4v) is 3.53. The molecule has 3 rings (SSSR count). The standard InChI is InChI=1S/C21H24FN3O4/c1-28-14-9-10-19(29-2)15(12-14)18-8-5-11-25(18)13-20(26)24-21(27)23-17-7-4-3-6-16(17)22/h3-4,6-7,9-10,12,18H,5,8,11,13H2,1-2H3,(H2,23,24,26,27). The lowest BCUT2D eigenvalue weighted by atomic mass is 10.0. The zero-order valence-corrected chi connectivity index (χ0v) is 16.4. The first-order valence-electron chi connectivity index (χ1n) is 9.33. The fraction of sp³-hybridized carbons (Fsp3) is 0.333. The van der Waals surface area contributed by atoms with Gasteiger partial charge in [0.15, 0.2) is 0 Å². The average Bonchev–Trinajstić information content (AvgIpc) is 3.16. The lowest BCUT2D eigenvalue weighted by Crippen LogP contribution is -2.41. The first kappa shape index (κ1) is 20.6. The molecule has 1 aliphatic rings. The van der Waals surface area contributed by atoms with E-state index in [9.17, 15) is 14.0 Å². The van der Waals surface area contributed by atoms with Gasteiger partial charge in [-0.05, 0) is 49.7 Å². The smallest absolute Gasteiger partial charge is 0.326 e. The van der Waals surface area contributed by atoms with Crippen molar-refractivity contribution in [1.82, 2.24) is 10.2 Å². The highest BCUT2D eigenvalue weighted by atomic mass is 19.1. The molecule has 8 heteroatoms. The SMILES string of the molecule is COc1ccc(OC)c(C2CCCN2CC(=O)NC(=O)Nc2ccccc2F)c1. The number of para-hydroxylation sites is 1. The number of methoxy groups -OCH3 is 2. The summed E-state index contributed by atoms with van der Waals surface area (Å²) in [7, 11) is 3.20. The summed E-state index contributed by atoms with van der Waals surface area (Å²) in [5, 5.41) is 4.59. The number of nitrogens with zero attached hydrogens (tertiary/aromatic N) is 1. The van der Waals surface area contributed by atoms with E-state index in [2.05, 4.69) is 10.6 Å². The molecule has 0 aliphatic carbocycles. The highest BCUT2D eigenvalue weighted by molar-refractivity contribution is 6.01. The zero-order chi connectivity index (χ0) is 20.8. The number of rotatable bonds is 6. The summed E-state index contributed by atoms with van der Waals surface area (Å²) in [6.07, 6.45) is 1.78. The molecule has 1 unspecified atom stereocenters. The van der Waals surface area contributed by atoms with Crippen molar-refractivity contribution >= 4 is 17.6 Å². The van der Waals surface area contributed by atoms with Gasteiger partial charge in [0.1, 0.15) is 17.3 Å². The Hall–Kier alpha value is -3.13. The molecule has 154 valence electrons. The molecule has 29 heavy (non-hydrogen) atoms. The monoisotopic (exact) mass is 401 g/mol. The van der Waals surface area contributed by atoms with Crippen LogP contribution in [0.1, 0.15) is 24.4 Å². The number of hydrogen-bond donors (Lipinski definition) is 2. The van der Waals surface area contributed by atoms with Crippen LogP contribution in [0.5, 0.6) is 11.5 Å². The molecule has 2 N–H and O–H groups in total. The molecule has 1 fully saturated rings. The fourth-order valence-electron chi connectivity index (χ4n) is 3.53. The minimum atomic E-state index is -0.769. The number of likely N-dealkylation sites (tertiary alicyclic amines) is 1. The Morgan fingerprint density at radius 3 is 2.69 bits per heavy atom. The number of ether oxygens (including phenoxy) is 2. The van der Waals surface area contributed by atoms with Gasteiger partial charge in [0.2, 0.25) is 5.91 Å². The molecular formula is C21H24FN3O4. The molecule has 0 saturated carbocycles. The zero-order valence-electron chi connectivity index (χ0n) is 16.4. The summed E-state index contributed by atoms with van der Waals surface area (Å²) in [5.41, 5.74) is 0.950. The number of benzene rings is 2. The number of urea groups is 1. The minimum absolute atomic E-state index is 0.0120. The molecule has 1 heterocycles. The van der Waals surface area contributed by atoms with E-state index < -0.39 is 17.8 Å². The number of imide groups is 1. The Balaban J connectivity index is 1.64. The van der Waals surface area contributed by atoms with Gasteiger partial charge >= 0.3 is 6.03 Å². The molecule has 0 spiro atoms. The third kappa shape index (κ3) is 5.03. The molecule has 1 saturated heterocycles. The number of amides is 3. The molecule has 1 atom stereocenters. The van der Waals surface area contributed by atoms with E-state index in [0.29, 0.717) is 12.3 Å². The Morgan fingerprint density at radius 1 is 1.17 bits per heavy atom. The first-order chi connectivity index (χ1) is 14.0. The highest BCUT2D eigenvalue weighted by Crippen LogP contribution is 2.38. The summed E-state index contributed by atoms with van der Waals surface area (Å²) >= 11 is 0. The predicted molar refractivity (Wildman–Crippen MR) is 107 cm³/mol. The Kier molecular flexibility index (Phi) is 6.66. The van der Waals surface area contributed by atoms with Crippen LogP contribution < -0.4 is 20.1 Å². The highest BCUT2D eigenvalue weighted by Gasteiger charge is 2.30. The number of hydrogen-bond acceptors (Lipinski definition) is 5. The van der Waals surface area contributed by atoms with Gasteiger partial charge in [-0.15, -0.1) is 0 Å². The van der Waals surface area contributed by atoms with E-state index in [4.69, 9.17) is 9.47 Å². The number of halogens is 1. The Labute approximate surface area is 168 Å². The van der Waals surface area contributed by atoms with E-state index in [0.717, 1.165) is 24.2 Å². The predicted octanol–water partition coefficient (Wildman–Crippen LogP) is 3.33. The molecule has 0 radical (unpaired) electrons. The van der Waals surface area contributed by atoms with Crippen molar-refractivity contribution in [3.63, 3.8) is 0 Å². The number of carbonyl (C=O) groups excluding carboxylic acids is 2. The van der Waals surface area contributed by atoms with E-state index in [1.165, 1.54) is 18.2 Å². The second-order valence-corrected chi connectivity index (χ2v) is 6.72. The lowest BCUT2D eigenvalue weighted by Gasteiger charge is -2.25. The van der Waals surface area contributed by atoms with E-state index >= 15 is 0 Å². The van der Waals surface area contributed by atoms with Crippen molar-refractivity contribution in [2.75, 3.05) is 32.6 Å². The normalized spacial score (nSPS) is 16.3. The minimum Gasteiger partial charge on any atom is -0.497 e. The van der Waals surface area contributed by atoms with Crippen molar-refractivity contribution in [2.45, 2.75) is 18.9 Å². The third-order valence-electron chi connectivity index (χ3n) is 4.88. The van der Waals surface area contributed by atoms with Crippen LogP contribution in [0, 0.1) is 5.82 Å². The maximum atomic E-state index is 13.6. The first-order valence-corrected chi connectivity index (χ1v) is 9.33. The second-order valence-electron chi connectivity index (χ2n) is 6.72. The summed E-state index contributed by atoms with van der Waals surface area (Å²) < 4.78 is 24.4. The van der Waals surface area contributed by atoms with Crippen molar-refractivity contribution in [2.24, 2.45) is 0 Å². The average molecular weight is 401 g/mol. The van der Waals surface area contributed by atoms with Crippen molar-refractivity contribution in [3.05, 3.63) is 53.8 Å². The largest absolute Gasteiger partial charge is 0.497 e. The van der Waals surface area contributed by atoms with Crippen molar-refractivity contribution < 1.29 is 23.5 Å². The molecule has 2 aromatic carbocycles. The summed E-state index contributed by atoms with van der Waals surface area (Å²) in [4.78, 5) is 26.4.